The van der Waals surface area contributed by atoms with Crippen molar-refractivity contribution in [2.45, 2.75) is 51.8 Å². The molecule has 130 valence electrons. The largest absolute Gasteiger partial charge is 0.434 e. The van der Waals surface area contributed by atoms with E-state index in [1.807, 2.05) is 6.92 Å². The van der Waals surface area contributed by atoms with Gasteiger partial charge in [-0.3, -0.25) is 4.79 Å². The Morgan fingerprint density at radius 2 is 2.17 bits per heavy atom. The molecule has 1 amide bonds. The fraction of sp³-hybridized carbons (Fsp3) is 0.562. The Morgan fingerprint density at radius 1 is 1.43 bits per heavy atom. The van der Waals surface area contributed by atoms with Crippen LogP contribution in [0.2, 0.25) is 0 Å². The highest BCUT2D eigenvalue weighted by atomic mass is 35.5. The molecule has 4 nitrogen and oxygen atoms in total. The molecule has 7 heteroatoms. The molecule has 2 rings (SSSR count). The Labute approximate surface area is 141 Å². The predicted octanol–water partition coefficient (Wildman–Crippen LogP) is 3.15. The van der Waals surface area contributed by atoms with E-state index in [1.54, 1.807) is 12.1 Å². The average Bonchev–Trinajstić information content (AvgIpc) is 2.84. The Morgan fingerprint density at radius 3 is 2.78 bits per heavy atom. The zero-order valence-electron chi connectivity index (χ0n) is 13.1. The van der Waals surface area contributed by atoms with E-state index in [1.165, 1.54) is 6.07 Å². The third-order valence-corrected chi connectivity index (χ3v) is 4.07. The second-order valence-electron chi connectivity index (χ2n) is 5.83. The van der Waals surface area contributed by atoms with E-state index >= 15 is 0 Å². The topological polar surface area (TPSA) is 64.3 Å². The number of nitrogens with one attached hydrogen (secondary N) is 1. The summed E-state index contributed by atoms with van der Waals surface area (Å²) in [6.07, 6.45) is 3.38. The maximum Gasteiger partial charge on any atom is 0.387 e. The number of rotatable bonds is 6. The molecule has 23 heavy (non-hydrogen) atoms. The van der Waals surface area contributed by atoms with E-state index in [4.69, 9.17) is 5.73 Å². The molecule has 1 fully saturated rings. The third-order valence-electron chi connectivity index (χ3n) is 4.07. The van der Waals surface area contributed by atoms with Crippen molar-refractivity contribution in [3.8, 4) is 5.75 Å². The lowest BCUT2D eigenvalue weighted by molar-refractivity contribution is -0.122. The lowest BCUT2D eigenvalue weighted by Crippen LogP contribution is -2.31. The van der Waals surface area contributed by atoms with E-state index in [0.717, 1.165) is 24.8 Å². The standard InChI is InChI=1S/C16H22F2N2O2.ClH/c1-10-5-6-14(22-16(17)18)12(7-10)9-20-15(21)8-11-3-2-4-13(11)19;/h5-7,11,13,16H,2-4,8-9,19H2,1H3,(H,20,21);1H/t11-,13+;/m0./s1. The number of alkyl halides is 2. The highest BCUT2D eigenvalue weighted by molar-refractivity contribution is 5.85. The fourth-order valence-corrected chi connectivity index (χ4v) is 2.88. The summed E-state index contributed by atoms with van der Waals surface area (Å²) in [5.41, 5.74) is 7.42. The van der Waals surface area contributed by atoms with E-state index in [0.29, 0.717) is 12.0 Å². The molecule has 0 bridgehead atoms. The van der Waals surface area contributed by atoms with Gasteiger partial charge in [0.15, 0.2) is 0 Å². The van der Waals surface area contributed by atoms with Crippen molar-refractivity contribution in [1.82, 2.24) is 5.32 Å². The van der Waals surface area contributed by atoms with Crippen LogP contribution in [-0.4, -0.2) is 18.6 Å². The summed E-state index contributed by atoms with van der Waals surface area (Å²) in [4.78, 5) is 12.0. The van der Waals surface area contributed by atoms with Gasteiger partial charge in [0.25, 0.3) is 0 Å². The molecule has 0 spiro atoms. The van der Waals surface area contributed by atoms with Crippen molar-refractivity contribution in [3.05, 3.63) is 29.3 Å². The smallest absolute Gasteiger partial charge is 0.387 e. The summed E-state index contributed by atoms with van der Waals surface area (Å²) >= 11 is 0. The van der Waals surface area contributed by atoms with Crippen LogP contribution in [0.15, 0.2) is 18.2 Å². The van der Waals surface area contributed by atoms with Gasteiger partial charge in [-0.25, -0.2) is 0 Å². The molecule has 1 aliphatic carbocycles. The van der Waals surface area contributed by atoms with Crippen LogP contribution in [0, 0.1) is 12.8 Å². The fourth-order valence-electron chi connectivity index (χ4n) is 2.88. The molecule has 2 atom stereocenters. The van der Waals surface area contributed by atoms with Crippen molar-refractivity contribution < 1.29 is 18.3 Å². The second-order valence-corrected chi connectivity index (χ2v) is 5.83. The highest BCUT2D eigenvalue weighted by Crippen LogP contribution is 2.27. The number of hydrogen-bond donors (Lipinski definition) is 2. The van der Waals surface area contributed by atoms with Crippen LogP contribution in [0.25, 0.3) is 0 Å². The number of ether oxygens (including phenoxy) is 1. The summed E-state index contributed by atoms with van der Waals surface area (Å²) in [6, 6.07) is 5.01. The summed E-state index contributed by atoms with van der Waals surface area (Å²) in [6.45, 7) is -0.854. The first-order valence-electron chi connectivity index (χ1n) is 7.52. The zero-order valence-corrected chi connectivity index (χ0v) is 13.9. The first-order chi connectivity index (χ1) is 10.5. The molecule has 0 radical (unpaired) electrons. The predicted molar refractivity (Wildman–Crippen MR) is 86.8 cm³/mol. The number of carbonyl (C=O) groups is 1. The number of halogens is 3. The first kappa shape index (κ1) is 19.6. The quantitative estimate of drug-likeness (QED) is 0.830. The molecule has 1 aromatic rings. The van der Waals surface area contributed by atoms with E-state index in [9.17, 15) is 13.6 Å². The van der Waals surface area contributed by atoms with Gasteiger partial charge < -0.3 is 15.8 Å². The van der Waals surface area contributed by atoms with Gasteiger partial charge in [-0.2, -0.15) is 8.78 Å². The molecule has 1 aliphatic rings. The summed E-state index contributed by atoms with van der Waals surface area (Å²) in [7, 11) is 0. The molecule has 3 N–H and O–H groups in total. The maximum absolute atomic E-state index is 12.4. The number of nitrogens with two attached hydrogens (primary N) is 1. The first-order valence-corrected chi connectivity index (χ1v) is 7.52. The van der Waals surface area contributed by atoms with Gasteiger partial charge in [0, 0.05) is 24.6 Å². The van der Waals surface area contributed by atoms with Crippen molar-refractivity contribution in [3.63, 3.8) is 0 Å². The van der Waals surface area contributed by atoms with Crippen LogP contribution in [0.3, 0.4) is 0 Å². The van der Waals surface area contributed by atoms with Gasteiger partial charge in [0.05, 0.1) is 0 Å². The minimum atomic E-state index is -2.88. The Bertz CT molecular complexity index is 529. The number of amides is 1. The van der Waals surface area contributed by atoms with Crippen LogP contribution >= 0.6 is 12.4 Å². The molecule has 0 unspecified atom stereocenters. The Balaban J connectivity index is 0.00000264. The lowest BCUT2D eigenvalue weighted by atomic mass is 10.00. The maximum atomic E-state index is 12.4. The van der Waals surface area contributed by atoms with Crippen LogP contribution in [0.4, 0.5) is 8.78 Å². The van der Waals surface area contributed by atoms with Gasteiger partial charge in [0.2, 0.25) is 5.91 Å². The summed E-state index contributed by atoms with van der Waals surface area (Å²) < 4.78 is 29.3. The third kappa shape index (κ3) is 5.95. The number of carbonyl (C=O) groups excluding carboxylic acids is 1. The number of hydrogen-bond acceptors (Lipinski definition) is 3. The zero-order chi connectivity index (χ0) is 16.1. The van der Waals surface area contributed by atoms with E-state index in [-0.39, 0.29) is 42.6 Å². The van der Waals surface area contributed by atoms with Gasteiger partial charge in [0.1, 0.15) is 5.75 Å². The SMILES string of the molecule is Cc1ccc(OC(F)F)c(CNC(=O)C[C@@H]2CCC[C@H]2N)c1.Cl. The van der Waals surface area contributed by atoms with E-state index in [2.05, 4.69) is 10.1 Å². The molecule has 0 saturated heterocycles. The minimum absolute atomic E-state index is 0. The van der Waals surface area contributed by atoms with E-state index < -0.39 is 6.61 Å². The van der Waals surface area contributed by atoms with Crippen molar-refractivity contribution in [1.29, 1.82) is 0 Å². The molecule has 0 aromatic heterocycles. The van der Waals surface area contributed by atoms with Gasteiger partial charge in [-0.05, 0) is 31.7 Å². The normalized spacial score (nSPS) is 20.2. The van der Waals surface area contributed by atoms with Crippen molar-refractivity contribution in [2.75, 3.05) is 0 Å². The van der Waals surface area contributed by atoms with Crippen LogP contribution in [0.1, 0.15) is 36.8 Å². The molecule has 0 heterocycles. The molecule has 1 aromatic carbocycles. The molecule has 0 aliphatic heterocycles. The number of benzene rings is 1. The number of aryl methyl sites for hydroxylation is 1. The van der Waals surface area contributed by atoms with Crippen LogP contribution in [0.5, 0.6) is 5.75 Å². The van der Waals surface area contributed by atoms with Crippen LogP contribution < -0.4 is 15.8 Å². The minimum Gasteiger partial charge on any atom is -0.434 e. The lowest BCUT2D eigenvalue weighted by Gasteiger charge is -2.16. The Kier molecular flexibility index (Phi) is 7.72. The molecular formula is C16H23ClF2N2O2. The molecule has 1 saturated carbocycles. The molecular weight excluding hydrogens is 326 g/mol. The average molecular weight is 349 g/mol. The van der Waals surface area contributed by atoms with Crippen LogP contribution in [-0.2, 0) is 11.3 Å². The Hall–Kier alpha value is -1.40. The van der Waals surface area contributed by atoms with Gasteiger partial charge in [-0.1, -0.05) is 24.1 Å². The van der Waals surface area contributed by atoms with Gasteiger partial charge in [-0.15, -0.1) is 12.4 Å². The highest BCUT2D eigenvalue weighted by Gasteiger charge is 2.26. The summed E-state index contributed by atoms with van der Waals surface area (Å²) in [5, 5.41) is 2.77. The van der Waals surface area contributed by atoms with Gasteiger partial charge >= 0.3 is 6.61 Å². The second kappa shape index (κ2) is 9.03. The van der Waals surface area contributed by atoms with Crippen molar-refractivity contribution >= 4 is 18.3 Å². The van der Waals surface area contributed by atoms with Crippen molar-refractivity contribution in [2.24, 2.45) is 11.7 Å². The monoisotopic (exact) mass is 348 g/mol. The summed E-state index contributed by atoms with van der Waals surface area (Å²) in [5.74, 6) is 0.208.